The molecule has 0 aliphatic carbocycles. The van der Waals surface area contributed by atoms with Gasteiger partial charge in [-0.05, 0) is 49.2 Å². The average molecular weight is 264 g/mol. The lowest BCUT2D eigenvalue weighted by Gasteiger charge is -2.08. The van der Waals surface area contributed by atoms with Gasteiger partial charge in [-0.2, -0.15) is 0 Å². The summed E-state index contributed by atoms with van der Waals surface area (Å²) in [5, 5.41) is 10.1. The molecule has 0 amide bonds. The van der Waals surface area contributed by atoms with Crippen molar-refractivity contribution in [2.45, 2.75) is 20.0 Å². The number of nitrogens with zero attached hydrogens (tertiary/aromatic N) is 1. The maximum atomic E-state index is 9.38. The van der Waals surface area contributed by atoms with Gasteiger partial charge in [0.1, 0.15) is 5.75 Å². The summed E-state index contributed by atoms with van der Waals surface area (Å²) in [6.45, 7) is 3.61. The zero-order valence-electron chi connectivity index (χ0n) is 10.2. The summed E-state index contributed by atoms with van der Waals surface area (Å²) in [7, 11) is 0. The summed E-state index contributed by atoms with van der Waals surface area (Å²) in [6.07, 6.45) is 1.08. The quantitative estimate of drug-likeness (QED) is 0.914. The third kappa shape index (κ3) is 3.00. The minimum absolute atomic E-state index is 0.487. The first kappa shape index (κ1) is 12.9. The molecule has 0 radical (unpaired) electrons. The van der Waals surface area contributed by atoms with Gasteiger partial charge in [-0.25, -0.2) is 4.98 Å². The van der Waals surface area contributed by atoms with Gasteiger partial charge in [-0.3, -0.25) is 0 Å². The Labute approximate surface area is 111 Å². The van der Waals surface area contributed by atoms with E-state index in [0.29, 0.717) is 16.7 Å². The first-order valence-electron chi connectivity index (χ1n) is 5.64. The predicted molar refractivity (Wildman–Crippen MR) is 71.1 cm³/mol. The van der Waals surface area contributed by atoms with Crippen molar-refractivity contribution in [1.82, 2.24) is 4.98 Å². The van der Waals surface area contributed by atoms with E-state index in [1.807, 2.05) is 13.0 Å². The van der Waals surface area contributed by atoms with E-state index < -0.39 is 6.10 Å². The Morgan fingerprint density at radius 3 is 2.61 bits per heavy atom. The van der Waals surface area contributed by atoms with Crippen molar-refractivity contribution < 1.29 is 9.84 Å². The van der Waals surface area contributed by atoms with E-state index in [2.05, 4.69) is 4.98 Å². The van der Waals surface area contributed by atoms with Crippen LogP contribution in [0, 0.1) is 6.92 Å². The molecule has 2 rings (SSSR count). The molecule has 0 bridgehead atoms. The van der Waals surface area contributed by atoms with Crippen LogP contribution in [0.1, 0.15) is 24.2 Å². The zero-order valence-corrected chi connectivity index (χ0v) is 11.0. The number of aliphatic hydroxyl groups is 1. The van der Waals surface area contributed by atoms with Gasteiger partial charge in [0, 0.05) is 17.3 Å². The molecule has 0 saturated heterocycles. The minimum atomic E-state index is -0.524. The Balaban J connectivity index is 2.15. The molecule has 1 aromatic heterocycles. The smallest absolute Gasteiger partial charge is 0.219 e. The second-order valence-electron chi connectivity index (χ2n) is 4.12. The highest BCUT2D eigenvalue weighted by molar-refractivity contribution is 6.31. The van der Waals surface area contributed by atoms with E-state index in [1.54, 1.807) is 37.4 Å². The van der Waals surface area contributed by atoms with E-state index in [9.17, 15) is 5.11 Å². The Morgan fingerprint density at radius 1 is 1.28 bits per heavy atom. The Hall–Kier alpha value is -1.58. The molecule has 1 aromatic carbocycles. The van der Waals surface area contributed by atoms with Crippen molar-refractivity contribution >= 4 is 11.6 Å². The van der Waals surface area contributed by atoms with Crippen LogP contribution in [0.25, 0.3) is 0 Å². The van der Waals surface area contributed by atoms with Crippen molar-refractivity contribution in [2.75, 3.05) is 0 Å². The summed E-state index contributed by atoms with van der Waals surface area (Å²) < 4.78 is 5.60. The van der Waals surface area contributed by atoms with Crippen molar-refractivity contribution in [2.24, 2.45) is 0 Å². The minimum Gasteiger partial charge on any atom is -0.439 e. The number of hydrogen-bond donors (Lipinski definition) is 1. The fourth-order valence-corrected chi connectivity index (χ4v) is 1.62. The lowest BCUT2D eigenvalue weighted by Crippen LogP contribution is -1.93. The molecule has 18 heavy (non-hydrogen) atoms. The Bertz CT molecular complexity index is 538. The molecule has 0 spiro atoms. The van der Waals surface area contributed by atoms with Gasteiger partial charge in [0.15, 0.2) is 0 Å². The average Bonchev–Trinajstić information content (AvgIpc) is 2.34. The van der Waals surface area contributed by atoms with Crippen LogP contribution in [-0.2, 0) is 0 Å². The fraction of sp³-hybridized carbons (Fsp3) is 0.214. The maximum Gasteiger partial charge on any atom is 0.219 e. The number of aromatic nitrogens is 1. The van der Waals surface area contributed by atoms with Gasteiger partial charge in [0.2, 0.25) is 5.88 Å². The normalized spacial score (nSPS) is 12.2. The van der Waals surface area contributed by atoms with Crippen molar-refractivity contribution in [3.63, 3.8) is 0 Å². The third-order valence-electron chi connectivity index (χ3n) is 2.59. The lowest BCUT2D eigenvalue weighted by atomic mass is 10.2. The SMILES string of the molecule is Cc1cc(Oc2ccc([C@H](C)O)cn2)ccc1Cl. The van der Waals surface area contributed by atoms with Crippen LogP contribution < -0.4 is 4.74 Å². The monoisotopic (exact) mass is 263 g/mol. The lowest BCUT2D eigenvalue weighted by molar-refractivity contribution is 0.198. The van der Waals surface area contributed by atoms with Gasteiger partial charge in [-0.1, -0.05) is 11.6 Å². The van der Waals surface area contributed by atoms with Gasteiger partial charge in [-0.15, -0.1) is 0 Å². The maximum absolute atomic E-state index is 9.38. The van der Waals surface area contributed by atoms with Crippen LogP contribution in [-0.4, -0.2) is 10.1 Å². The molecule has 3 nitrogen and oxygen atoms in total. The predicted octanol–water partition coefficient (Wildman–Crippen LogP) is 3.89. The molecule has 0 unspecified atom stereocenters. The van der Waals surface area contributed by atoms with E-state index in [0.717, 1.165) is 11.1 Å². The van der Waals surface area contributed by atoms with E-state index in [1.165, 1.54) is 0 Å². The van der Waals surface area contributed by atoms with Crippen LogP contribution in [0.15, 0.2) is 36.5 Å². The van der Waals surface area contributed by atoms with Gasteiger partial charge >= 0.3 is 0 Å². The standard InChI is InChI=1S/C14H14ClNO2/c1-9-7-12(4-5-13(9)15)18-14-6-3-11(8-16-14)10(2)17/h3-8,10,17H,1-2H3/t10-/m0/s1. The molecule has 0 fully saturated rings. The summed E-state index contributed by atoms with van der Waals surface area (Å²) in [5.74, 6) is 1.18. The summed E-state index contributed by atoms with van der Waals surface area (Å²) in [4.78, 5) is 4.13. The second kappa shape index (κ2) is 5.38. The molecular weight excluding hydrogens is 250 g/mol. The number of rotatable bonds is 3. The van der Waals surface area contributed by atoms with E-state index in [-0.39, 0.29) is 0 Å². The van der Waals surface area contributed by atoms with Crippen LogP contribution in [0.3, 0.4) is 0 Å². The highest BCUT2D eigenvalue weighted by Gasteiger charge is 2.04. The number of ether oxygens (including phenoxy) is 1. The Morgan fingerprint density at radius 2 is 2.06 bits per heavy atom. The molecule has 0 saturated carbocycles. The number of halogens is 1. The molecule has 0 aliphatic rings. The van der Waals surface area contributed by atoms with E-state index in [4.69, 9.17) is 16.3 Å². The molecular formula is C14H14ClNO2. The molecule has 1 heterocycles. The molecule has 4 heteroatoms. The van der Waals surface area contributed by atoms with Crippen molar-refractivity contribution in [3.8, 4) is 11.6 Å². The highest BCUT2D eigenvalue weighted by Crippen LogP contribution is 2.25. The Kier molecular flexibility index (Phi) is 3.84. The molecule has 94 valence electrons. The topological polar surface area (TPSA) is 42.4 Å². The number of benzene rings is 1. The van der Waals surface area contributed by atoms with Crippen LogP contribution >= 0.6 is 11.6 Å². The van der Waals surface area contributed by atoms with Crippen LogP contribution in [0.2, 0.25) is 5.02 Å². The van der Waals surface area contributed by atoms with Crippen LogP contribution in [0.4, 0.5) is 0 Å². The van der Waals surface area contributed by atoms with E-state index >= 15 is 0 Å². The second-order valence-corrected chi connectivity index (χ2v) is 4.53. The van der Waals surface area contributed by atoms with Crippen molar-refractivity contribution in [1.29, 1.82) is 0 Å². The first-order chi connectivity index (χ1) is 8.56. The van der Waals surface area contributed by atoms with Crippen molar-refractivity contribution in [3.05, 3.63) is 52.7 Å². The highest BCUT2D eigenvalue weighted by atomic mass is 35.5. The van der Waals surface area contributed by atoms with Gasteiger partial charge in [0.05, 0.1) is 6.10 Å². The number of hydrogen-bond acceptors (Lipinski definition) is 3. The number of pyridine rings is 1. The zero-order chi connectivity index (χ0) is 13.1. The third-order valence-corrected chi connectivity index (χ3v) is 3.02. The summed E-state index contributed by atoms with van der Waals surface area (Å²) >= 11 is 5.94. The molecule has 2 aromatic rings. The fourth-order valence-electron chi connectivity index (χ4n) is 1.50. The van der Waals surface area contributed by atoms with Gasteiger partial charge in [0.25, 0.3) is 0 Å². The molecule has 0 aliphatic heterocycles. The first-order valence-corrected chi connectivity index (χ1v) is 6.02. The largest absolute Gasteiger partial charge is 0.439 e. The summed E-state index contributed by atoms with van der Waals surface area (Å²) in [5.41, 5.74) is 1.71. The summed E-state index contributed by atoms with van der Waals surface area (Å²) in [6, 6.07) is 8.95. The van der Waals surface area contributed by atoms with Gasteiger partial charge < -0.3 is 9.84 Å². The number of aryl methyl sites for hydroxylation is 1. The van der Waals surface area contributed by atoms with Crippen LogP contribution in [0.5, 0.6) is 11.6 Å². The molecule has 1 N–H and O–H groups in total. The molecule has 1 atom stereocenters. The number of aliphatic hydroxyl groups excluding tert-OH is 1.